The van der Waals surface area contributed by atoms with E-state index in [4.69, 9.17) is 16.3 Å². The quantitative estimate of drug-likeness (QED) is 0.804. The Balaban J connectivity index is 1.78. The smallest absolute Gasteiger partial charge is 0.257 e. The van der Waals surface area contributed by atoms with E-state index >= 15 is 0 Å². The van der Waals surface area contributed by atoms with Gasteiger partial charge in [0.1, 0.15) is 5.75 Å². The largest absolute Gasteiger partial charge is 0.483 e. The van der Waals surface area contributed by atoms with Gasteiger partial charge >= 0.3 is 0 Å². The molecule has 0 aliphatic heterocycles. The van der Waals surface area contributed by atoms with Crippen molar-refractivity contribution in [1.82, 2.24) is 5.32 Å². The minimum absolute atomic E-state index is 0.0260. The molecule has 5 heteroatoms. The van der Waals surface area contributed by atoms with Gasteiger partial charge in [-0.25, -0.2) is 0 Å². The summed E-state index contributed by atoms with van der Waals surface area (Å²) in [7, 11) is 0. The average Bonchev–Trinajstić information content (AvgIpc) is 2.52. The fourth-order valence-corrected chi connectivity index (χ4v) is 2.75. The molecule has 0 spiro atoms. The molecule has 2 aromatic rings. The summed E-state index contributed by atoms with van der Waals surface area (Å²) >= 11 is 9.21. The molecule has 116 valence electrons. The second-order valence-corrected chi connectivity index (χ2v) is 6.27. The molecule has 1 N–H and O–H groups in total. The minimum atomic E-state index is -0.148. The number of rotatable bonds is 6. The van der Waals surface area contributed by atoms with Crippen LogP contribution in [0.2, 0.25) is 5.02 Å². The van der Waals surface area contributed by atoms with Crippen LogP contribution in [0.4, 0.5) is 0 Å². The Kier molecular flexibility index (Phi) is 6.28. The lowest BCUT2D eigenvalue weighted by Crippen LogP contribution is -2.31. The fourth-order valence-electron chi connectivity index (χ4n) is 1.95. The summed E-state index contributed by atoms with van der Waals surface area (Å²) < 4.78 is 6.20. The Morgan fingerprint density at radius 3 is 2.68 bits per heavy atom. The third kappa shape index (κ3) is 5.04. The highest BCUT2D eigenvalue weighted by Crippen LogP contribution is 2.27. The molecule has 0 heterocycles. The topological polar surface area (TPSA) is 38.3 Å². The Labute approximate surface area is 143 Å². The molecule has 1 atom stereocenters. The molecule has 0 bridgehead atoms. The van der Waals surface area contributed by atoms with E-state index in [1.807, 2.05) is 18.2 Å². The number of benzene rings is 2. The van der Waals surface area contributed by atoms with E-state index in [1.54, 1.807) is 18.2 Å². The van der Waals surface area contributed by atoms with Gasteiger partial charge in [-0.05, 0) is 45.6 Å². The summed E-state index contributed by atoms with van der Waals surface area (Å²) in [6, 6.07) is 15.3. The van der Waals surface area contributed by atoms with Gasteiger partial charge in [-0.15, -0.1) is 0 Å². The van der Waals surface area contributed by atoms with Crippen LogP contribution < -0.4 is 10.1 Å². The van der Waals surface area contributed by atoms with Crippen molar-refractivity contribution in [2.75, 3.05) is 13.2 Å². The van der Waals surface area contributed by atoms with Crippen LogP contribution in [0, 0.1) is 0 Å². The summed E-state index contributed by atoms with van der Waals surface area (Å²) in [4.78, 5) is 11.9. The van der Waals surface area contributed by atoms with Crippen molar-refractivity contribution < 1.29 is 9.53 Å². The van der Waals surface area contributed by atoms with Crippen molar-refractivity contribution in [2.24, 2.45) is 0 Å². The van der Waals surface area contributed by atoms with Crippen LogP contribution in [0.3, 0.4) is 0 Å². The molecule has 0 unspecified atom stereocenters. The number of halogens is 2. The average molecular weight is 383 g/mol. The molecular weight excluding hydrogens is 366 g/mol. The molecule has 0 fully saturated rings. The van der Waals surface area contributed by atoms with Gasteiger partial charge in [-0.1, -0.05) is 48.9 Å². The number of hydrogen-bond acceptors (Lipinski definition) is 2. The van der Waals surface area contributed by atoms with Gasteiger partial charge < -0.3 is 10.1 Å². The first-order chi connectivity index (χ1) is 10.6. The van der Waals surface area contributed by atoms with Crippen molar-refractivity contribution in [3.05, 3.63) is 63.6 Å². The number of carbonyl (C=O) groups excluding carboxylic acids is 1. The van der Waals surface area contributed by atoms with Crippen LogP contribution >= 0.6 is 27.5 Å². The van der Waals surface area contributed by atoms with E-state index in [-0.39, 0.29) is 18.4 Å². The molecule has 22 heavy (non-hydrogen) atoms. The van der Waals surface area contributed by atoms with Gasteiger partial charge in [0.25, 0.3) is 5.91 Å². The number of nitrogens with one attached hydrogen (secondary N) is 1. The van der Waals surface area contributed by atoms with Crippen LogP contribution in [0.25, 0.3) is 0 Å². The molecule has 0 aromatic heterocycles. The minimum Gasteiger partial charge on any atom is -0.483 e. The summed E-state index contributed by atoms with van der Waals surface area (Å²) in [5.41, 5.74) is 1.20. The third-order valence-electron chi connectivity index (χ3n) is 3.23. The fraction of sp³-hybridized carbons (Fsp3) is 0.235. The van der Waals surface area contributed by atoms with E-state index in [1.165, 1.54) is 5.56 Å². The van der Waals surface area contributed by atoms with Crippen LogP contribution in [-0.4, -0.2) is 19.1 Å². The predicted octanol–water partition coefficient (Wildman–Crippen LogP) is 4.40. The van der Waals surface area contributed by atoms with E-state index in [2.05, 4.69) is 40.3 Å². The SMILES string of the molecule is C[C@@H](CNC(=O)COc1ccc(Cl)cc1Br)c1ccccc1. The van der Waals surface area contributed by atoms with Gasteiger partial charge in [0.2, 0.25) is 0 Å². The van der Waals surface area contributed by atoms with Gasteiger partial charge in [0.05, 0.1) is 4.47 Å². The standard InChI is InChI=1S/C17H17BrClNO2/c1-12(13-5-3-2-4-6-13)10-20-17(21)11-22-16-8-7-14(19)9-15(16)18/h2-9,12H,10-11H2,1H3,(H,20,21)/t12-/m0/s1. The second-order valence-electron chi connectivity index (χ2n) is 4.98. The van der Waals surface area contributed by atoms with Gasteiger partial charge in [0.15, 0.2) is 6.61 Å². The number of ether oxygens (including phenoxy) is 1. The molecule has 0 saturated heterocycles. The van der Waals surface area contributed by atoms with Crippen molar-refractivity contribution in [3.8, 4) is 5.75 Å². The maximum absolute atomic E-state index is 11.9. The Morgan fingerprint density at radius 1 is 1.27 bits per heavy atom. The molecule has 0 saturated carbocycles. The van der Waals surface area contributed by atoms with E-state index in [0.29, 0.717) is 17.3 Å². The first-order valence-corrected chi connectivity index (χ1v) is 8.13. The zero-order valence-electron chi connectivity index (χ0n) is 12.2. The molecule has 0 radical (unpaired) electrons. The first kappa shape index (κ1) is 16.8. The molecule has 0 aliphatic carbocycles. The van der Waals surface area contributed by atoms with E-state index in [0.717, 1.165) is 4.47 Å². The molecular formula is C17H17BrClNO2. The maximum Gasteiger partial charge on any atom is 0.257 e. The first-order valence-electron chi connectivity index (χ1n) is 6.95. The van der Waals surface area contributed by atoms with E-state index < -0.39 is 0 Å². The van der Waals surface area contributed by atoms with Crippen LogP contribution in [0.15, 0.2) is 53.0 Å². The van der Waals surface area contributed by atoms with Gasteiger partial charge in [-0.3, -0.25) is 4.79 Å². The molecule has 2 aromatic carbocycles. The van der Waals surface area contributed by atoms with Crippen LogP contribution in [-0.2, 0) is 4.79 Å². The van der Waals surface area contributed by atoms with E-state index in [9.17, 15) is 4.79 Å². The Morgan fingerprint density at radius 2 is 2.00 bits per heavy atom. The molecule has 3 nitrogen and oxygen atoms in total. The zero-order valence-corrected chi connectivity index (χ0v) is 14.5. The Bertz CT molecular complexity index is 634. The second kappa shape index (κ2) is 8.20. The Hall–Kier alpha value is -1.52. The number of amides is 1. The predicted molar refractivity (Wildman–Crippen MR) is 92.5 cm³/mol. The highest BCUT2D eigenvalue weighted by atomic mass is 79.9. The summed E-state index contributed by atoms with van der Waals surface area (Å²) in [6.07, 6.45) is 0. The highest BCUT2D eigenvalue weighted by Gasteiger charge is 2.09. The lowest BCUT2D eigenvalue weighted by molar-refractivity contribution is -0.123. The summed E-state index contributed by atoms with van der Waals surface area (Å²) in [5.74, 6) is 0.702. The van der Waals surface area contributed by atoms with Crippen LogP contribution in [0.5, 0.6) is 5.75 Å². The summed E-state index contributed by atoms with van der Waals surface area (Å²) in [5, 5.41) is 3.49. The number of hydrogen-bond donors (Lipinski definition) is 1. The van der Waals surface area contributed by atoms with Crippen molar-refractivity contribution in [1.29, 1.82) is 0 Å². The van der Waals surface area contributed by atoms with Crippen molar-refractivity contribution in [3.63, 3.8) is 0 Å². The van der Waals surface area contributed by atoms with Gasteiger partial charge in [0, 0.05) is 11.6 Å². The summed E-state index contributed by atoms with van der Waals surface area (Å²) in [6.45, 7) is 2.63. The molecule has 2 rings (SSSR count). The monoisotopic (exact) mass is 381 g/mol. The van der Waals surface area contributed by atoms with Gasteiger partial charge in [-0.2, -0.15) is 0 Å². The highest BCUT2D eigenvalue weighted by molar-refractivity contribution is 9.10. The zero-order chi connectivity index (χ0) is 15.9. The number of carbonyl (C=O) groups is 1. The lowest BCUT2D eigenvalue weighted by Gasteiger charge is -2.13. The van der Waals surface area contributed by atoms with Crippen LogP contribution in [0.1, 0.15) is 18.4 Å². The third-order valence-corrected chi connectivity index (χ3v) is 4.08. The van der Waals surface area contributed by atoms with Crippen molar-refractivity contribution >= 4 is 33.4 Å². The molecule has 1 amide bonds. The maximum atomic E-state index is 11.9. The van der Waals surface area contributed by atoms with Crippen molar-refractivity contribution in [2.45, 2.75) is 12.8 Å². The molecule has 0 aliphatic rings. The lowest BCUT2D eigenvalue weighted by atomic mass is 10.0. The normalized spacial score (nSPS) is 11.8.